The summed E-state index contributed by atoms with van der Waals surface area (Å²) in [6, 6.07) is 4.87. The second-order valence-corrected chi connectivity index (χ2v) is 8.27. The fourth-order valence-corrected chi connectivity index (χ4v) is 4.83. The van der Waals surface area contributed by atoms with Gasteiger partial charge in [0.15, 0.2) is 0 Å². The minimum atomic E-state index is -0.237. The van der Waals surface area contributed by atoms with E-state index < -0.39 is 0 Å². The molecule has 1 N–H and O–H groups in total. The number of nitrogens with one attached hydrogen (secondary N) is 1. The molecule has 2 fully saturated rings. The van der Waals surface area contributed by atoms with E-state index in [1.165, 1.54) is 63.9 Å². The lowest BCUT2D eigenvalue weighted by atomic mass is 9.77. The van der Waals surface area contributed by atoms with Gasteiger partial charge in [-0.05, 0) is 87.9 Å². The molecule has 2 saturated carbocycles. The third-order valence-corrected chi connectivity index (χ3v) is 6.39. The minimum Gasteiger partial charge on any atom is -0.312 e. The molecule has 2 aliphatic rings. The molecule has 1 aromatic rings. The number of rotatable bonds is 5. The van der Waals surface area contributed by atoms with E-state index >= 15 is 0 Å². The van der Waals surface area contributed by atoms with E-state index in [0.29, 0.717) is 16.5 Å². The maximum atomic E-state index is 13.2. The van der Waals surface area contributed by atoms with Crippen LogP contribution < -0.4 is 5.32 Å². The van der Waals surface area contributed by atoms with Crippen LogP contribution in [0, 0.1) is 11.7 Å². The predicted octanol–water partition coefficient (Wildman–Crippen LogP) is 6.07. The predicted molar refractivity (Wildman–Crippen MR) is 95.6 cm³/mol. The molecule has 0 atom stereocenters. The summed E-state index contributed by atoms with van der Waals surface area (Å²) in [5.74, 6) is 1.11. The van der Waals surface area contributed by atoms with Gasteiger partial charge in [0.1, 0.15) is 5.82 Å². The Kier molecular flexibility index (Phi) is 5.64. The Bertz CT molecular complexity index is 516. The molecule has 0 bridgehead atoms. The van der Waals surface area contributed by atoms with Crippen LogP contribution in [-0.2, 0) is 0 Å². The van der Waals surface area contributed by atoms with Gasteiger partial charge in [0.2, 0.25) is 0 Å². The molecule has 3 rings (SSSR count). The zero-order valence-corrected chi connectivity index (χ0v) is 15.0. The first-order valence-corrected chi connectivity index (χ1v) is 9.63. The summed E-state index contributed by atoms with van der Waals surface area (Å²) >= 11 is 6.22. The molecule has 1 aromatic carbocycles. The van der Waals surface area contributed by atoms with Crippen molar-refractivity contribution in [3.05, 3.63) is 34.6 Å². The Labute approximate surface area is 145 Å². The molecule has 0 spiro atoms. The molecule has 0 radical (unpaired) electrons. The topological polar surface area (TPSA) is 12.0 Å². The number of hydrogen-bond acceptors (Lipinski definition) is 1. The fraction of sp³-hybridized carbons (Fsp3) is 0.700. The maximum absolute atomic E-state index is 13.2. The molecular formula is C20H29ClFN. The lowest BCUT2D eigenvalue weighted by Gasteiger charge is -2.31. The van der Waals surface area contributed by atoms with E-state index in [9.17, 15) is 4.39 Å². The highest BCUT2D eigenvalue weighted by Crippen LogP contribution is 2.39. The summed E-state index contributed by atoms with van der Waals surface area (Å²) in [6.45, 7) is 3.54. The highest BCUT2D eigenvalue weighted by Gasteiger charge is 2.28. The van der Waals surface area contributed by atoms with Gasteiger partial charge in [-0.15, -0.1) is 0 Å². The van der Waals surface area contributed by atoms with Crippen LogP contribution in [-0.4, -0.2) is 12.1 Å². The van der Waals surface area contributed by atoms with E-state index in [1.54, 1.807) is 6.07 Å². The highest BCUT2D eigenvalue weighted by atomic mass is 35.5. The molecule has 0 heterocycles. The molecule has 23 heavy (non-hydrogen) atoms. The van der Waals surface area contributed by atoms with Gasteiger partial charge in [-0.1, -0.05) is 30.5 Å². The summed E-state index contributed by atoms with van der Waals surface area (Å²) in [7, 11) is 0. The summed E-state index contributed by atoms with van der Waals surface area (Å²) in [6.07, 6.45) is 11.7. The van der Waals surface area contributed by atoms with Gasteiger partial charge in [0.25, 0.3) is 0 Å². The quantitative estimate of drug-likeness (QED) is 0.688. The van der Waals surface area contributed by atoms with E-state index in [2.05, 4.69) is 12.2 Å². The van der Waals surface area contributed by atoms with Crippen molar-refractivity contribution in [3.8, 4) is 0 Å². The molecule has 0 aliphatic heterocycles. The molecule has 2 aliphatic carbocycles. The first-order chi connectivity index (χ1) is 11.1. The van der Waals surface area contributed by atoms with Crippen LogP contribution in [0.4, 0.5) is 4.39 Å². The van der Waals surface area contributed by atoms with Crippen LogP contribution in [0.2, 0.25) is 5.02 Å². The van der Waals surface area contributed by atoms with Crippen LogP contribution in [0.1, 0.15) is 76.2 Å². The average Bonchev–Trinajstić information content (AvgIpc) is 2.95. The van der Waals surface area contributed by atoms with E-state index in [1.807, 2.05) is 6.07 Å². The van der Waals surface area contributed by atoms with E-state index in [4.69, 9.17) is 11.6 Å². The SMILES string of the molecule is CC1(NCC[C@H]2CC[C@@H](c3ccc(F)cc3Cl)CC2)CCCC1. The average molecular weight is 338 g/mol. The Morgan fingerprint density at radius 3 is 2.52 bits per heavy atom. The van der Waals surface area contributed by atoms with Crippen molar-refractivity contribution in [1.29, 1.82) is 0 Å². The van der Waals surface area contributed by atoms with Crippen molar-refractivity contribution in [2.75, 3.05) is 6.54 Å². The van der Waals surface area contributed by atoms with E-state index in [0.717, 1.165) is 18.0 Å². The molecule has 128 valence electrons. The smallest absolute Gasteiger partial charge is 0.124 e. The molecule has 0 amide bonds. The monoisotopic (exact) mass is 337 g/mol. The van der Waals surface area contributed by atoms with Crippen molar-refractivity contribution in [2.45, 2.75) is 76.2 Å². The minimum absolute atomic E-state index is 0.237. The largest absolute Gasteiger partial charge is 0.312 e. The zero-order valence-electron chi connectivity index (χ0n) is 14.2. The second kappa shape index (κ2) is 7.53. The van der Waals surface area contributed by atoms with Crippen LogP contribution in [0.25, 0.3) is 0 Å². The summed E-state index contributed by atoms with van der Waals surface area (Å²) in [4.78, 5) is 0. The number of halogens is 2. The van der Waals surface area contributed by atoms with Gasteiger partial charge in [-0.2, -0.15) is 0 Å². The molecule has 0 saturated heterocycles. The van der Waals surface area contributed by atoms with Crippen LogP contribution >= 0.6 is 11.6 Å². The maximum Gasteiger partial charge on any atom is 0.124 e. The third-order valence-electron chi connectivity index (χ3n) is 6.06. The van der Waals surface area contributed by atoms with Crippen LogP contribution in [0.15, 0.2) is 18.2 Å². The van der Waals surface area contributed by atoms with Crippen molar-refractivity contribution >= 4 is 11.6 Å². The second-order valence-electron chi connectivity index (χ2n) is 7.87. The third kappa shape index (κ3) is 4.48. The van der Waals surface area contributed by atoms with Crippen LogP contribution in [0.3, 0.4) is 0 Å². The molecule has 0 unspecified atom stereocenters. The summed E-state index contributed by atoms with van der Waals surface area (Å²) in [5.41, 5.74) is 1.54. The summed E-state index contributed by atoms with van der Waals surface area (Å²) in [5, 5.41) is 4.40. The number of benzene rings is 1. The number of hydrogen-bond donors (Lipinski definition) is 1. The first-order valence-electron chi connectivity index (χ1n) is 9.26. The molecule has 0 aromatic heterocycles. The Morgan fingerprint density at radius 1 is 1.17 bits per heavy atom. The van der Waals surface area contributed by atoms with Gasteiger partial charge in [-0.3, -0.25) is 0 Å². The first kappa shape index (κ1) is 17.2. The van der Waals surface area contributed by atoms with Gasteiger partial charge >= 0.3 is 0 Å². The van der Waals surface area contributed by atoms with Crippen LogP contribution in [0.5, 0.6) is 0 Å². The van der Waals surface area contributed by atoms with Gasteiger partial charge in [0, 0.05) is 10.6 Å². The highest BCUT2D eigenvalue weighted by molar-refractivity contribution is 6.31. The molecular weight excluding hydrogens is 309 g/mol. The van der Waals surface area contributed by atoms with Crippen molar-refractivity contribution < 1.29 is 4.39 Å². The van der Waals surface area contributed by atoms with Crippen molar-refractivity contribution in [2.24, 2.45) is 5.92 Å². The standard InChI is InChI=1S/C20H29ClFN/c1-20(11-2-3-12-20)23-13-10-15-4-6-16(7-5-15)18-9-8-17(22)14-19(18)21/h8-9,14-16,23H,2-7,10-13H2,1H3/t15-,16+. The van der Waals surface area contributed by atoms with Gasteiger partial charge in [0.05, 0.1) is 0 Å². The van der Waals surface area contributed by atoms with Gasteiger partial charge < -0.3 is 5.32 Å². The summed E-state index contributed by atoms with van der Waals surface area (Å²) < 4.78 is 13.2. The molecule has 1 nitrogen and oxygen atoms in total. The van der Waals surface area contributed by atoms with Crippen molar-refractivity contribution in [3.63, 3.8) is 0 Å². The van der Waals surface area contributed by atoms with Gasteiger partial charge in [-0.25, -0.2) is 4.39 Å². The lowest BCUT2D eigenvalue weighted by Crippen LogP contribution is -2.40. The Balaban J connectivity index is 1.43. The normalized spacial score (nSPS) is 27.3. The Morgan fingerprint density at radius 2 is 1.87 bits per heavy atom. The van der Waals surface area contributed by atoms with Crippen molar-refractivity contribution in [1.82, 2.24) is 5.32 Å². The van der Waals surface area contributed by atoms with E-state index in [-0.39, 0.29) is 5.82 Å². The molecule has 3 heteroatoms. The Hall–Kier alpha value is -0.600. The fourth-order valence-electron chi connectivity index (χ4n) is 4.50. The lowest BCUT2D eigenvalue weighted by molar-refractivity contribution is 0.285. The zero-order chi connectivity index (χ0) is 16.3.